The molecule has 0 fully saturated rings. The topological polar surface area (TPSA) is 46.5 Å². The fraction of sp³-hybridized carbons (Fsp3) is 0.700. The molecule has 0 aromatic rings. The van der Waals surface area contributed by atoms with Crippen LogP contribution in [0.4, 0.5) is 0 Å². The van der Waals surface area contributed by atoms with Gasteiger partial charge >= 0.3 is 5.97 Å². The Labute approximate surface area is 86.5 Å². The fourth-order valence-corrected chi connectivity index (χ4v) is 1.31. The van der Waals surface area contributed by atoms with Gasteiger partial charge < -0.3 is 9.84 Å². The molecule has 0 aliphatic carbocycles. The Morgan fingerprint density at radius 3 is 2.29 bits per heavy atom. The number of aliphatic hydroxyl groups excluding tert-OH is 1. The van der Waals surface area contributed by atoms with Gasteiger partial charge in [-0.15, -0.1) is 5.54 Å². The Morgan fingerprint density at radius 1 is 1.43 bits per heavy atom. The van der Waals surface area contributed by atoms with E-state index in [2.05, 4.69) is 35.8 Å². The van der Waals surface area contributed by atoms with E-state index >= 15 is 0 Å². The highest BCUT2D eigenvalue weighted by Gasteiger charge is 2.21. The first-order valence-corrected chi connectivity index (χ1v) is 8.06. The second-order valence-corrected chi connectivity index (χ2v) is 9.03. The minimum absolute atomic E-state index is 0.428. The third-order valence-electron chi connectivity index (χ3n) is 1.64. The highest BCUT2D eigenvalue weighted by molar-refractivity contribution is 6.83. The van der Waals surface area contributed by atoms with Gasteiger partial charge in [-0.25, -0.2) is 0 Å². The molecule has 0 spiro atoms. The van der Waals surface area contributed by atoms with Crippen LogP contribution < -0.4 is 0 Å². The molecule has 0 amide bonds. The van der Waals surface area contributed by atoms with E-state index in [0.29, 0.717) is 0 Å². The average molecular weight is 214 g/mol. The fourth-order valence-electron chi connectivity index (χ4n) is 0.730. The molecule has 0 aromatic carbocycles. The highest BCUT2D eigenvalue weighted by atomic mass is 28.3. The molecule has 0 bridgehead atoms. The first-order valence-electron chi connectivity index (χ1n) is 4.56. The van der Waals surface area contributed by atoms with E-state index in [1.165, 1.54) is 7.11 Å². The molecule has 0 aliphatic heterocycles. The molecule has 0 rings (SSSR count). The molecule has 0 aromatic heterocycles. The predicted molar refractivity (Wildman–Crippen MR) is 58.3 cm³/mol. The lowest BCUT2D eigenvalue weighted by molar-refractivity contribution is -0.147. The molecule has 0 unspecified atom stereocenters. The molecule has 0 saturated heterocycles. The Morgan fingerprint density at radius 2 is 1.93 bits per heavy atom. The molecule has 80 valence electrons. The van der Waals surface area contributed by atoms with Gasteiger partial charge in [0.25, 0.3) is 0 Å². The summed E-state index contributed by atoms with van der Waals surface area (Å²) in [5.41, 5.74) is 3.01. The number of esters is 1. The zero-order valence-electron chi connectivity index (χ0n) is 9.42. The lowest BCUT2D eigenvalue weighted by atomic mass is 10.1. The summed E-state index contributed by atoms with van der Waals surface area (Å²) in [4.78, 5) is 11.0. The van der Waals surface area contributed by atoms with Crippen LogP contribution in [-0.2, 0) is 9.53 Å². The SMILES string of the molecule is COC(=O)[C@H](C)[C@H](O)C#C[Si](C)(C)C. The maximum absolute atomic E-state index is 11.0. The zero-order valence-corrected chi connectivity index (χ0v) is 10.4. The van der Waals surface area contributed by atoms with Crippen molar-refractivity contribution in [2.75, 3.05) is 7.11 Å². The van der Waals surface area contributed by atoms with Crippen molar-refractivity contribution in [3.05, 3.63) is 0 Å². The Kier molecular flexibility index (Phi) is 4.88. The molecule has 0 radical (unpaired) electrons. The number of aliphatic hydroxyl groups is 1. The normalized spacial score (nSPS) is 15.0. The number of hydrogen-bond acceptors (Lipinski definition) is 3. The van der Waals surface area contributed by atoms with Gasteiger partial charge in [-0.2, -0.15) is 0 Å². The quantitative estimate of drug-likeness (QED) is 0.424. The summed E-state index contributed by atoms with van der Waals surface area (Å²) in [7, 11) is -0.181. The smallest absolute Gasteiger partial charge is 0.312 e. The summed E-state index contributed by atoms with van der Waals surface area (Å²) < 4.78 is 4.51. The van der Waals surface area contributed by atoms with Gasteiger partial charge in [0.05, 0.1) is 13.0 Å². The predicted octanol–water partition coefficient (Wildman–Crippen LogP) is 1.04. The average Bonchev–Trinajstić information content (AvgIpc) is 2.10. The van der Waals surface area contributed by atoms with Crippen LogP contribution in [0.2, 0.25) is 19.6 Å². The summed E-state index contributed by atoms with van der Waals surface area (Å²) in [5.74, 6) is 1.70. The van der Waals surface area contributed by atoms with Crippen molar-refractivity contribution in [1.82, 2.24) is 0 Å². The lowest BCUT2D eigenvalue weighted by Gasteiger charge is -2.12. The van der Waals surface area contributed by atoms with Gasteiger partial charge in [-0.3, -0.25) is 4.79 Å². The summed E-state index contributed by atoms with van der Waals surface area (Å²) in [6.45, 7) is 7.84. The third-order valence-corrected chi connectivity index (χ3v) is 2.54. The van der Waals surface area contributed by atoms with Crippen LogP contribution in [0.3, 0.4) is 0 Å². The van der Waals surface area contributed by atoms with Crippen molar-refractivity contribution < 1.29 is 14.6 Å². The summed E-state index contributed by atoms with van der Waals surface area (Å²) in [6, 6.07) is 0. The second-order valence-electron chi connectivity index (χ2n) is 4.28. The Hall–Kier alpha value is -0.793. The number of hydrogen-bond donors (Lipinski definition) is 1. The highest BCUT2D eigenvalue weighted by Crippen LogP contribution is 2.05. The molecule has 4 heteroatoms. The van der Waals surface area contributed by atoms with Gasteiger partial charge in [-0.1, -0.05) is 25.6 Å². The van der Waals surface area contributed by atoms with Crippen LogP contribution in [0.25, 0.3) is 0 Å². The van der Waals surface area contributed by atoms with E-state index in [9.17, 15) is 9.90 Å². The minimum Gasteiger partial charge on any atom is -0.469 e. The number of ether oxygens (including phenoxy) is 1. The zero-order chi connectivity index (χ0) is 11.4. The molecule has 0 saturated carbocycles. The van der Waals surface area contributed by atoms with Crippen molar-refractivity contribution in [2.24, 2.45) is 5.92 Å². The third kappa shape index (κ3) is 5.05. The van der Waals surface area contributed by atoms with Gasteiger partial charge in [0.2, 0.25) is 0 Å². The van der Waals surface area contributed by atoms with Crippen LogP contribution in [0.5, 0.6) is 0 Å². The van der Waals surface area contributed by atoms with E-state index in [1.54, 1.807) is 6.92 Å². The van der Waals surface area contributed by atoms with Crippen molar-refractivity contribution in [3.8, 4) is 11.5 Å². The molecule has 2 atom stereocenters. The standard InChI is InChI=1S/C10H18O3Si/c1-8(10(12)13-2)9(11)6-7-14(3,4)5/h8-9,11H,1-5H3/t8-,9-/m1/s1. The number of carbonyl (C=O) groups is 1. The van der Waals surface area contributed by atoms with Crippen LogP contribution >= 0.6 is 0 Å². The maximum Gasteiger partial charge on any atom is 0.312 e. The minimum atomic E-state index is -1.48. The second kappa shape index (κ2) is 5.18. The molecule has 0 aliphatic rings. The van der Waals surface area contributed by atoms with Crippen LogP contribution in [0, 0.1) is 17.4 Å². The Bertz CT molecular complexity index is 257. The van der Waals surface area contributed by atoms with Crippen molar-refractivity contribution in [3.63, 3.8) is 0 Å². The van der Waals surface area contributed by atoms with Gasteiger partial charge in [0, 0.05) is 0 Å². The summed E-state index contributed by atoms with van der Waals surface area (Å²) in [6.07, 6.45) is -0.922. The van der Waals surface area contributed by atoms with Gasteiger partial charge in [0.15, 0.2) is 0 Å². The lowest BCUT2D eigenvalue weighted by Crippen LogP contribution is -2.26. The van der Waals surface area contributed by atoms with Gasteiger partial charge in [0.1, 0.15) is 14.2 Å². The molecule has 14 heavy (non-hydrogen) atoms. The monoisotopic (exact) mass is 214 g/mol. The van der Waals surface area contributed by atoms with Crippen molar-refractivity contribution in [2.45, 2.75) is 32.7 Å². The summed E-state index contributed by atoms with van der Waals surface area (Å²) >= 11 is 0. The maximum atomic E-state index is 11.0. The van der Waals surface area contributed by atoms with E-state index in [1.807, 2.05) is 0 Å². The van der Waals surface area contributed by atoms with E-state index < -0.39 is 26.1 Å². The first kappa shape index (κ1) is 13.2. The van der Waals surface area contributed by atoms with E-state index in [4.69, 9.17) is 0 Å². The molecular weight excluding hydrogens is 196 g/mol. The Balaban J connectivity index is 4.39. The van der Waals surface area contributed by atoms with E-state index in [-0.39, 0.29) is 0 Å². The number of carbonyl (C=O) groups excluding carboxylic acids is 1. The van der Waals surface area contributed by atoms with Crippen LogP contribution in [0.1, 0.15) is 6.92 Å². The van der Waals surface area contributed by atoms with Gasteiger partial charge in [-0.05, 0) is 6.92 Å². The van der Waals surface area contributed by atoms with Crippen LogP contribution in [-0.4, -0.2) is 32.4 Å². The van der Waals surface area contributed by atoms with E-state index in [0.717, 1.165) is 0 Å². The molecular formula is C10H18O3Si. The van der Waals surface area contributed by atoms with Crippen molar-refractivity contribution >= 4 is 14.0 Å². The summed E-state index contributed by atoms with van der Waals surface area (Å²) in [5, 5.41) is 9.53. The largest absolute Gasteiger partial charge is 0.469 e. The van der Waals surface area contributed by atoms with Crippen LogP contribution in [0.15, 0.2) is 0 Å². The molecule has 1 N–H and O–H groups in total. The number of methoxy groups -OCH3 is 1. The molecule has 3 nitrogen and oxygen atoms in total. The number of rotatable bonds is 2. The molecule has 0 heterocycles. The first-order chi connectivity index (χ1) is 6.28. The van der Waals surface area contributed by atoms with Crippen molar-refractivity contribution in [1.29, 1.82) is 0 Å².